The van der Waals surface area contributed by atoms with E-state index in [9.17, 15) is 9.59 Å². The van der Waals surface area contributed by atoms with Gasteiger partial charge < -0.3 is 20.1 Å². The monoisotopic (exact) mass is 403 g/mol. The predicted octanol–water partition coefficient (Wildman–Crippen LogP) is 2.09. The summed E-state index contributed by atoms with van der Waals surface area (Å²) >= 11 is 1.31. The van der Waals surface area contributed by atoms with Crippen molar-refractivity contribution < 1.29 is 19.1 Å². The Morgan fingerprint density at radius 2 is 2.04 bits per heavy atom. The van der Waals surface area contributed by atoms with E-state index < -0.39 is 12.0 Å². The largest absolute Gasteiger partial charge is 0.497 e. The molecule has 10 heteroatoms. The van der Waals surface area contributed by atoms with Gasteiger partial charge in [0.15, 0.2) is 5.82 Å². The van der Waals surface area contributed by atoms with E-state index in [1.807, 2.05) is 24.3 Å². The molecule has 1 atom stereocenters. The van der Waals surface area contributed by atoms with Gasteiger partial charge in [0.25, 0.3) is 0 Å². The van der Waals surface area contributed by atoms with Crippen LogP contribution in [0.25, 0.3) is 11.4 Å². The number of urea groups is 1. The van der Waals surface area contributed by atoms with Crippen molar-refractivity contribution in [1.29, 1.82) is 0 Å². The van der Waals surface area contributed by atoms with Gasteiger partial charge in [0.05, 0.1) is 25.3 Å². The van der Waals surface area contributed by atoms with Crippen LogP contribution in [0.1, 0.15) is 13.8 Å². The van der Waals surface area contributed by atoms with Gasteiger partial charge in [0, 0.05) is 17.0 Å². The molecule has 3 N–H and O–H groups in total. The summed E-state index contributed by atoms with van der Waals surface area (Å²) < 4.78 is 10.3. The zero-order valence-electron chi connectivity index (χ0n) is 15.7. The summed E-state index contributed by atoms with van der Waals surface area (Å²) in [5.41, 5.74) is 1.77. The molecule has 148 valence electrons. The second-order valence-corrected chi connectivity index (χ2v) is 6.86. The fraction of sp³-hybridized carbons (Fsp3) is 0.333. The molecular formula is C18H21N5O4S. The number of amides is 2. The van der Waals surface area contributed by atoms with Gasteiger partial charge in [-0.1, -0.05) is 11.8 Å². The summed E-state index contributed by atoms with van der Waals surface area (Å²) in [6, 6.07) is 6.64. The standard InChI is InChI=1S/C18H21N5O4S/c1-4-27-16(24)14-10(2)19-17(25)20-13(14)9-28-18-21-15(22-23-18)11-5-7-12(26-3)8-6-11/h5-8,10H,4,9H2,1-3H3,(H2,19,20,25)(H,21,22,23)/t10-/m1/s1. The minimum atomic E-state index is -0.452. The Balaban J connectivity index is 1.74. The van der Waals surface area contributed by atoms with Gasteiger partial charge >= 0.3 is 12.0 Å². The van der Waals surface area contributed by atoms with E-state index in [1.165, 1.54) is 11.8 Å². The number of nitrogens with zero attached hydrogens (tertiary/aromatic N) is 2. The van der Waals surface area contributed by atoms with Crippen LogP contribution in [0.5, 0.6) is 5.75 Å². The van der Waals surface area contributed by atoms with E-state index in [-0.39, 0.29) is 12.6 Å². The molecule has 1 aliphatic heterocycles. The minimum absolute atomic E-state index is 0.259. The number of aromatic nitrogens is 3. The Kier molecular flexibility index (Phi) is 6.19. The van der Waals surface area contributed by atoms with Crippen LogP contribution in [0.2, 0.25) is 0 Å². The highest BCUT2D eigenvalue weighted by Gasteiger charge is 2.29. The Labute approximate surface area is 166 Å². The number of ether oxygens (including phenoxy) is 2. The molecule has 3 rings (SSSR count). The number of thioether (sulfide) groups is 1. The average Bonchev–Trinajstić information content (AvgIpc) is 3.15. The van der Waals surface area contributed by atoms with Gasteiger partial charge in [-0.05, 0) is 38.1 Å². The van der Waals surface area contributed by atoms with Gasteiger partial charge in [-0.2, -0.15) is 0 Å². The van der Waals surface area contributed by atoms with E-state index >= 15 is 0 Å². The molecule has 0 aliphatic carbocycles. The number of aromatic amines is 1. The number of benzene rings is 1. The first-order valence-corrected chi connectivity index (χ1v) is 9.67. The summed E-state index contributed by atoms with van der Waals surface area (Å²) in [5, 5.41) is 12.9. The lowest BCUT2D eigenvalue weighted by atomic mass is 10.1. The van der Waals surface area contributed by atoms with E-state index in [1.54, 1.807) is 21.0 Å². The van der Waals surface area contributed by atoms with Crippen LogP contribution in [0.3, 0.4) is 0 Å². The van der Waals surface area contributed by atoms with Crippen molar-refractivity contribution in [2.75, 3.05) is 19.5 Å². The molecule has 2 amide bonds. The Bertz CT molecular complexity index is 894. The van der Waals surface area contributed by atoms with Crippen LogP contribution in [0.15, 0.2) is 40.7 Å². The maximum Gasteiger partial charge on any atom is 0.337 e. The first kappa shape index (κ1) is 19.7. The highest BCUT2D eigenvalue weighted by atomic mass is 32.2. The van der Waals surface area contributed by atoms with Gasteiger partial charge in [0.2, 0.25) is 5.16 Å². The number of hydrogen-bond acceptors (Lipinski definition) is 7. The van der Waals surface area contributed by atoms with Gasteiger partial charge in [-0.15, -0.1) is 5.10 Å². The smallest absolute Gasteiger partial charge is 0.337 e. The van der Waals surface area contributed by atoms with Gasteiger partial charge in [-0.3, -0.25) is 5.10 Å². The number of carbonyl (C=O) groups excluding carboxylic acids is 2. The summed E-state index contributed by atoms with van der Waals surface area (Å²) in [5.74, 6) is 1.25. The van der Waals surface area contributed by atoms with E-state index in [0.717, 1.165) is 11.3 Å². The minimum Gasteiger partial charge on any atom is -0.497 e. The summed E-state index contributed by atoms with van der Waals surface area (Å²) in [7, 11) is 1.61. The average molecular weight is 403 g/mol. The molecule has 0 spiro atoms. The van der Waals surface area contributed by atoms with E-state index in [4.69, 9.17) is 9.47 Å². The van der Waals surface area contributed by atoms with Gasteiger partial charge in [0.1, 0.15) is 5.75 Å². The van der Waals surface area contributed by atoms with E-state index in [2.05, 4.69) is 25.8 Å². The third-order valence-electron chi connectivity index (χ3n) is 4.04. The first-order valence-electron chi connectivity index (χ1n) is 8.69. The quantitative estimate of drug-likeness (QED) is 0.478. The summed E-state index contributed by atoms with van der Waals surface area (Å²) in [6.07, 6.45) is 0. The van der Waals surface area contributed by atoms with Gasteiger partial charge in [-0.25, -0.2) is 14.6 Å². The SMILES string of the molecule is CCOC(=O)C1=C(CSc2n[nH]c(-c3ccc(OC)cc3)n2)NC(=O)N[C@@H]1C. The number of carbonyl (C=O) groups is 2. The number of nitrogens with one attached hydrogen (secondary N) is 3. The fourth-order valence-corrected chi connectivity index (χ4v) is 3.49. The lowest BCUT2D eigenvalue weighted by Crippen LogP contribution is -2.49. The molecule has 28 heavy (non-hydrogen) atoms. The number of rotatable bonds is 7. The van der Waals surface area contributed by atoms with Crippen LogP contribution < -0.4 is 15.4 Å². The second kappa shape index (κ2) is 8.79. The summed E-state index contributed by atoms with van der Waals surface area (Å²) in [4.78, 5) is 28.5. The zero-order valence-corrected chi connectivity index (χ0v) is 16.6. The summed E-state index contributed by atoms with van der Waals surface area (Å²) in [6.45, 7) is 3.74. The van der Waals surface area contributed by atoms with Crippen LogP contribution in [0, 0.1) is 0 Å². The molecule has 2 aromatic rings. The lowest BCUT2D eigenvalue weighted by molar-refractivity contribution is -0.138. The van der Waals surface area contributed by atoms with Crippen molar-refractivity contribution in [3.63, 3.8) is 0 Å². The number of methoxy groups -OCH3 is 1. The second-order valence-electron chi connectivity index (χ2n) is 5.92. The Morgan fingerprint density at radius 3 is 2.71 bits per heavy atom. The van der Waals surface area contributed by atoms with Crippen LogP contribution >= 0.6 is 11.8 Å². The maximum atomic E-state index is 12.3. The normalized spacial score (nSPS) is 16.4. The van der Waals surface area contributed by atoms with Crippen LogP contribution in [-0.4, -0.2) is 52.7 Å². The topological polar surface area (TPSA) is 118 Å². The Morgan fingerprint density at radius 1 is 1.29 bits per heavy atom. The first-order chi connectivity index (χ1) is 13.5. The molecule has 1 aromatic heterocycles. The van der Waals surface area contributed by atoms with E-state index in [0.29, 0.717) is 28.0 Å². The molecule has 0 unspecified atom stereocenters. The molecular weight excluding hydrogens is 382 g/mol. The third kappa shape index (κ3) is 4.45. The molecule has 0 saturated carbocycles. The number of H-pyrrole nitrogens is 1. The van der Waals surface area contributed by atoms with Crippen LogP contribution in [0.4, 0.5) is 4.79 Å². The van der Waals surface area contributed by atoms with Crippen LogP contribution in [-0.2, 0) is 9.53 Å². The highest BCUT2D eigenvalue weighted by molar-refractivity contribution is 7.99. The highest BCUT2D eigenvalue weighted by Crippen LogP contribution is 2.24. The Hall–Kier alpha value is -3.01. The third-order valence-corrected chi connectivity index (χ3v) is 4.91. The molecule has 1 aromatic carbocycles. The zero-order chi connectivity index (χ0) is 20.1. The lowest BCUT2D eigenvalue weighted by Gasteiger charge is -2.26. The van der Waals surface area contributed by atoms with Crippen molar-refractivity contribution in [1.82, 2.24) is 25.8 Å². The molecule has 0 fully saturated rings. The fourth-order valence-electron chi connectivity index (χ4n) is 2.72. The molecule has 9 nitrogen and oxygen atoms in total. The molecule has 2 heterocycles. The molecule has 0 bridgehead atoms. The van der Waals surface area contributed by atoms with Crippen molar-refractivity contribution >= 4 is 23.8 Å². The van der Waals surface area contributed by atoms with Crippen molar-refractivity contribution in [2.45, 2.75) is 25.0 Å². The molecule has 0 saturated heterocycles. The number of esters is 1. The van der Waals surface area contributed by atoms with Crippen molar-refractivity contribution in [2.24, 2.45) is 0 Å². The maximum absolute atomic E-state index is 12.3. The molecule has 1 aliphatic rings. The van der Waals surface area contributed by atoms with Crippen molar-refractivity contribution in [3.05, 3.63) is 35.5 Å². The van der Waals surface area contributed by atoms with Crippen molar-refractivity contribution in [3.8, 4) is 17.1 Å². The predicted molar refractivity (Wildman–Crippen MR) is 104 cm³/mol. The number of hydrogen-bond donors (Lipinski definition) is 3. The molecule has 0 radical (unpaired) electrons.